The molecule has 0 fully saturated rings. The summed E-state index contributed by atoms with van der Waals surface area (Å²) in [4.78, 5) is 4.25. The largest absolute Gasteiger partial charge is 0.490 e. The van der Waals surface area contributed by atoms with Crippen LogP contribution in [-0.2, 0) is 0 Å². The van der Waals surface area contributed by atoms with E-state index in [9.17, 15) is 0 Å². The third-order valence-electron chi connectivity index (χ3n) is 2.68. The zero-order chi connectivity index (χ0) is 11.5. The van der Waals surface area contributed by atoms with Gasteiger partial charge in [-0.3, -0.25) is 0 Å². The Labute approximate surface area is 95.4 Å². The van der Waals surface area contributed by atoms with Crippen molar-refractivity contribution >= 4 is 11.1 Å². The first-order valence-electron chi connectivity index (χ1n) is 5.76. The normalized spacial score (nSPS) is 11.2. The molecule has 86 valence electrons. The van der Waals surface area contributed by atoms with Crippen molar-refractivity contribution < 1.29 is 9.15 Å². The average Bonchev–Trinajstić information content (AvgIpc) is 2.65. The van der Waals surface area contributed by atoms with Crippen molar-refractivity contribution in [2.75, 3.05) is 0 Å². The maximum atomic E-state index is 5.84. The van der Waals surface area contributed by atoms with Crippen molar-refractivity contribution in [1.82, 2.24) is 4.98 Å². The van der Waals surface area contributed by atoms with Gasteiger partial charge in [0.1, 0.15) is 11.3 Å². The highest BCUT2D eigenvalue weighted by Gasteiger charge is 2.08. The maximum absolute atomic E-state index is 5.84. The van der Waals surface area contributed by atoms with E-state index in [2.05, 4.69) is 18.8 Å². The Balaban J connectivity index is 2.24. The van der Waals surface area contributed by atoms with Crippen LogP contribution in [-0.4, -0.2) is 11.1 Å². The number of nitrogens with zero attached hydrogens (tertiary/aromatic N) is 1. The van der Waals surface area contributed by atoms with Gasteiger partial charge in [0, 0.05) is 13.0 Å². The van der Waals surface area contributed by atoms with Crippen molar-refractivity contribution in [3.05, 3.63) is 24.1 Å². The van der Waals surface area contributed by atoms with Gasteiger partial charge in [-0.25, -0.2) is 4.98 Å². The number of benzene rings is 1. The Morgan fingerprint density at radius 3 is 2.75 bits per heavy atom. The van der Waals surface area contributed by atoms with Gasteiger partial charge in [0.2, 0.25) is 0 Å². The van der Waals surface area contributed by atoms with E-state index in [1.54, 1.807) is 0 Å². The van der Waals surface area contributed by atoms with Crippen LogP contribution in [0.1, 0.15) is 32.6 Å². The molecule has 16 heavy (non-hydrogen) atoms. The second kappa shape index (κ2) is 4.56. The first-order valence-corrected chi connectivity index (χ1v) is 5.76. The lowest BCUT2D eigenvalue weighted by Gasteiger charge is -2.15. The molecule has 0 saturated carbocycles. The molecule has 3 heteroatoms. The van der Waals surface area contributed by atoms with Crippen LogP contribution in [0.3, 0.4) is 0 Å². The predicted octanol–water partition coefficient (Wildman–Crippen LogP) is 3.70. The minimum absolute atomic E-state index is 0.279. The van der Waals surface area contributed by atoms with E-state index in [1.165, 1.54) is 0 Å². The lowest BCUT2D eigenvalue weighted by molar-refractivity contribution is 0.193. The highest BCUT2D eigenvalue weighted by Crippen LogP contribution is 2.23. The van der Waals surface area contributed by atoms with Gasteiger partial charge in [-0.15, -0.1) is 0 Å². The van der Waals surface area contributed by atoms with Crippen LogP contribution in [0, 0.1) is 6.92 Å². The van der Waals surface area contributed by atoms with Gasteiger partial charge in [0.15, 0.2) is 11.5 Å². The van der Waals surface area contributed by atoms with E-state index in [0.717, 1.165) is 29.7 Å². The van der Waals surface area contributed by atoms with Crippen LogP contribution < -0.4 is 4.74 Å². The number of fused-ring (bicyclic) bond motifs is 1. The van der Waals surface area contributed by atoms with E-state index in [-0.39, 0.29) is 6.10 Å². The molecule has 0 N–H and O–H groups in total. The van der Waals surface area contributed by atoms with Crippen LogP contribution in [0.15, 0.2) is 22.6 Å². The Morgan fingerprint density at radius 1 is 1.31 bits per heavy atom. The summed E-state index contributed by atoms with van der Waals surface area (Å²) in [5.74, 6) is 1.55. The summed E-state index contributed by atoms with van der Waals surface area (Å²) in [5.41, 5.74) is 1.68. The molecule has 0 spiro atoms. The first kappa shape index (κ1) is 11.0. The lowest BCUT2D eigenvalue weighted by atomic mass is 10.2. The van der Waals surface area contributed by atoms with Crippen molar-refractivity contribution in [2.24, 2.45) is 0 Å². The van der Waals surface area contributed by atoms with Crippen molar-refractivity contribution in [1.29, 1.82) is 0 Å². The number of hydrogen-bond donors (Lipinski definition) is 0. The molecule has 0 radical (unpaired) electrons. The summed E-state index contributed by atoms with van der Waals surface area (Å²) in [6.45, 7) is 6.11. The van der Waals surface area contributed by atoms with Crippen molar-refractivity contribution in [2.45, 2.75) is 39.7 Å². The molecule has 2 rings (SSSR count). The molecule has 1 aromatic heterocycles. The predicted molar refractivity (Wildman–Crippen MR) is 63.7 cm³/mol. The molecule has 1 heterocycles. The molecule has 0 unspecified atom stereocenters. The fraction of sp³-hybridized carbons (Fsp3) is 0.462. The summed E-state index contributed by atoms with van der Waals surface area (Å²) >= 11 is 0. The SMILES string of the molecule is CCC(CC)Oc1ccc2nc(C)oc2c1. The quantitative estimate of drug-likeness (QED) is 0.786. The van der Waals surface area contributed by atoms with E-state index in [0.29, 0.717) is 5.89 Å². The van der Waals surface area contributed by atoms with Gasteiger partial charge in [-0.05, 0) is 25.0 Å². The van der Waals surface area contributed by atoms with Gasteiger partial charge in [-0.1, -0.05) is 13.8 Å². The van der Waals surface area contributed by atoms with E-state index >= 15 is 0 Å². The number of oxazole rings is 1. The molecule has 2 aromatic rings. The smallest absolute Gasteiger partial charge is 0.192 e. The number of aryl methyl sites for hydroxylation is 1. The summed E-state index contributed by atoms with van der Waals surface area (Å²) in [5, 5.41) is 0. The average molecular weight is 219 g/mol. The molecular formula is C13H17NO2. The number of hydrogen-bond acceptors (Lipinski definition) is 3. The van der Waals surface area contributed by atoms with Crippen LogP contribution in [0.4, 0.5) is 0 Å². The molecule has 0 amide bonds. The van der Waals surface area contributed by atoms with Gasteiger partial charge in [0.25, 0.3) is 0 Å². The fourth-order valence-corrected chi connectivity index (χ4v) is 1.74. The van der Waals surface area contributed by atoms with E-state index in [1.807, 2.05) is 25.1 Å². The number of rotatable bonds is 4. The highest BCUT2D eigenvalue weighted by molar-refractivity contribution is 5.74. The van der Waals surface area contributed by atoms with Crippen LogP contribution in [0.5, 0.6) is 5.75 Å². The van der Waals surface area contributed by atoms with Gasteiger partial charge in [-0.2, -0.15) is 0 Å². The summed E-state index contributed by atoms with van der Waals surface area (Å²) in [6.07, 6.45) is 2.31. The third-order valence-corrected chi connectivity index (χ3v) is 2.68. The summed E-state index contributed by atoms with van der Waals surface area (Å²) in [7, 11) is 0. The molecule has 0 aliphatic rings. The van der Waals surface area contributed by atoms with Crippen molar-refractivity contribution in [3.63, 3.8) is 0 Å². The topological polar surface area (TPSA) is 35.3 Å². The Bertz CT molecular complexity index is 472. The fourth-order valence-electron chi connectivity index (χ4n) is 1.74. The third kappa shape index (κ3) is 2.18. The Hall–Kier alpha value is -1.51. The number of aromatic nitrogens is 1. The Kier molecular flexibility index (Phi) is 3.13. The molecule has 0 atom stereocenters. The van der Waals surface area contributed by atoms with Crippen molar-refractivity contribution in [3.8, 4) is 5.75 Å². The zero-order valence-corrected chi connectivity index (χ0v) is 9.99. The molecule has 0 aliphatic heterocycles. The second-order valence-corrected chi connectivity index (χ2v) is 3.92. The molecule has 0 aliphatic carbocycles. The van der Waals surface area contributed by atoms with E-state index < -0.39 is 0 Å². The Morgan fingerprint density at radius 2 is 2.06 bits per heavy atom. The number of ether oxygens (including phenoxy) is 1. The summed E-state index contributed by atoms with van der Waals surface area (Å²) < 4.78 is 11.3. The van der Waals surface area contributed by atoms with Gasteiger partial charge < -0.3 is 9.15 Å². The minimum atomic E-state index is 0.279. The maximum Gasteiger partial charge on any atom is 0.192 e. The molecule has 0 saturated heterocycles. The van der Waals surface area contributed by atoms with Crippen LogP contribution >= 0.6 is 0 Å². The monoisotopic (exact) mass is 219 g/mol. The first-order chi connectivity index (χ1) is 7.72. The highest BCUT2D eigenvalue weighted by atomic mass is 16.5. The zero-order valence-electron chi connectivity index (χ0n) is 9.99. The molecular weight excluding hydrogens is 202 g/mol. The molecule has 1 aromatic carbocycles. The standard InChI is InChI=1S/C13H17NO2/c1-4-10(5-2)16-11-6-7-12-13(8-11)15-9(3)14-12/h6-8,10H,4-5H2,1-3H3. The minimum Gasteiger partial charge on any atom is -0.490 e. The second-order valence-electron chi connectivity index (χ2n) is 3.92. The summed E-state index contributed by atoms with van der Waals surface area (Å²) in [6, 6.07) is 5.79. The molecule has 0 bridgehead atoms. The molecule has 3 nitrogen and oxygen atoms in total. The van der Waals surface area contributed by atoms with Gasteiger partial charge >= 0.3 is 0 Å². The van der Waals surface area contributed by atoms with E-state index in [4.69, 9.17) is 9.15 Å². The van der Waals surface area contributed by atoms with Crippen LogP contribution in [0.2, 0.25) is 0 Å². The lowest BCUT2D eigenvalue weighted by Crippen LogP contribution is -2.13. The van der Waals surface area contributed by atoms with Gasteiger partial charge in [0.05, 0.1) is 6.10 Å². The van der Waals surface area contributed by atoms with Crippen LogP contribution in [0.25, 0.3) is 11.1 Å².